The number of rotatable bonds is 5. The van der Waals surface area contributed by atoms with Gasteiger partial charge in [0, 0.05) is 42.3 Å². The molecule has 3 heteroatoms. The minimum atomic E-state index is 0.212. The molecule has 2 heterocycles. The number of fused-ring (bicyclic) bond motifs is 2. The standard InChI is InChI=1S/C22H20N2O/c25-15-5-13-24-14-12-17(20-7-2-4-9-22(20)24)10-11-18-16-23-21-8-3-1-6-19(18)21/h1-4,6-12,14,16,25H,5,13,15H2/p+1. The van der Waals surface area contributed by atoms with E-state index in [1.807, 2.05) is 12.3 Å². The lowest BCUT2D eigenvalue weighted by atomic mass is 10.1. The highest BCUT2D eigenvalue weighted by atomic mass is 16.3. The molecule has 0 aliphatic heterocycles. The predicted octanol–water partition coefficient (Wildman–Crippen LogP) is 4.16. The summed E-state index contributed by atoms with van der Waals surface area (Å²) in [5, 5.41) is 11.6. The minimum Gasteiger partial charge on any atom is -0.396 e. The lowest BCUT2D eigenvalue weighted by Crippen LogP contribution is -2.34. The van der Waals surface area contributed by atoms with Gasteiger partial charge in [-0.05, 0) is 23.3 Å². The third-order valence-electron chi connectivity index (χ3n) is 4.58. The maximum absolute atomic E-state index is 9.10. The average Bonchev–Trinajstić information content (AvgIpc) is 3.08. The molecule has 0 aliphatic carbocycles. The highest BCUT2D eigenvalue weighted by Crippen LogP contribution is 2.22. The van der Waals surface area contributed by atoms with E-state index in [1.165, 1.54) is 27.4 Å². The number of para-hydroxylation sites is 2. The molecule has 124 valence electrons. The maximum Gasteiger partial charge on any atom is 0.213 e. The summed E-state index contributed by atoms with van der Waals surface area (Å²) in [4.78, 5) is 3.31. The fraction of sp³-hybridized carbons (Fsp3) is 0.136. The molecule has 0 fully saturated rings. The summed E-state index contributed by atoms with van der Waals surface area (Å²) >= 11 is 0. The SMILES string of the molecule is OCCC[n+]1ccc(/C=C/c2c[nH]c3ccccc23)c2ccccc21. The molecule has 2 aromatic heterocycles. The first kappa shape index (κ1) is 15.6. The Bertz CT molecular complexity index is 1050. The number of H-pyrrole nitrogens is 1. The molecule has 0 atom stereocenters. The van der Waals surface area contributed by atoms with Crippen LogP contribution in [0.25, 0.3) is 34.0 Å². The first-order chi connectivity index (χ1) is 12.4. The molecule has 0 radical (unpaired) electrons. The van der Waals surface area contributed by atoms with Crippen molar-refractivity contribution >= 4 is 34.0 Å². The van der Waals surface area contributed by atoms with Crippen LogP contribution in [-0.4, -0.2) is 16.7 Å². The van der Waals surface area contributed by atoms with E-state index in [2.05, 4.69) is 76.4 Å². The minimum absolute atomic E-state index is 0.212. The Hall–Kier alpha value is -2.91. The quantitative estimate of drug-likeness (QED) is 0.530. The molecule has 4 rings (SSSR count). The normalized spacial score (nSPS) is 11.7. The van der Waals surface area contributed by atoms with E-state index in [4.69, 9.17) is 5.11 Å². The summed E-state index contributed by atoms with van der Waals surface area (Å²) in [5.74, 6) is 0. The van der Waals surface area contributed by atoms with Crippen molar-refractivity contribution in [3.63, 3.8) is 0 Å². The van der Waals surface area contributed by atoms with Gasteiger partial charge >= 0.3 is 0 Å². The van der Waals surface area contributed by atoms with Crippen LogP contribution in [0.4, 0.5) is 0 Å². The highest BCUT2D eigenvalue weighted by molar-refractivity contribution is 5.94. The zero-order valence-corrected chi connectivity index (χ0v) is 14.0. The number of aromatic nitrogens is 2. The topological polar surface area (TPSA) is 39.9 Å². The number of nitrogens with one attached hydrogen (secondary N) is 1. The fourth-order valence-electron chi connectivity index (χ4n) is 3.30. The van der Waals surface area contributed by atoms with Crippen molar-refractivity contribution in [2.75, 3.05) is 6.61 Å². The van der Waals surface area contributed by atoms with Crippen LogP contribution >= 0.6 is 0 Å². The Balaban J connectivity index is 1.74. The van der Waals surface area contributed by atoms with Gasteiger partial charge in [0.25, 0.3) is 0 Å². The number of aryl methyl sites for hydroxylation is 1. The van der Waals surface area contributed by atoms with Gasteiger partial charge in [-0.3, -0.25) is 0 Å². The number of aromatic amines is 1. The van der Waals surface area contributed by atoms with Crippen LogP contribution in [0, 0.1) is 0 Å². The lowest BCUT2D eigenvalue weighted by molar-refractivity contribution is -0.672. The zero-order chi connectivity index (χ0) is 17.1. The van der Waals surface area contributed by atoms with Gasteiger partial charge in [0.15, 0.2) is 12.7 Å². The van der Waals surface area contributed by atoms with Crippen molar-refractivity contribution in [1.29, 1.82) is 0 Å². The van der Waals surface area contributed by atoms with E-state index in [0.29, 0.717) is 0 Å². The first-order valence-corrected chi connectivity index (χ1v) is 8.63. The molecule has 0 aliphatic rings. The highest BCUT2D eigenvalue weighted by Gasteiger charge is 2.10. The van der Waals surface area contributed by atoms with Gasteiger partial charge in [0.1, 0.15) is 0 Å². The number of aliphatic hydroxyl groups excluding tert-OH is 1. The molecule has 25 heavy (non-hydrogen) atoms. The second kappa shape index (κ2) is 6.91. The van der Waals surface area contributed by atoms with Crippen LogP contribution in [0.3, 0.4) is 0 Å². The molecule has 0 bridgehead atoms. The molecule has 2 aromatic carbocycles. The van der Waals surface area contributed by atoms with Crippen LogP contribution in [0.1, 0.15) is 17.5 Å². The Morgan fingerprint density at radius 3 is 2.52 bits per heavy atom. The summed E-state index contributed by atoms with van der Waals surface area (Å²) in [6.07, 6.45) is 9.26. The molecule has 3 nitrogen and oxygen atoms in total. The molecular weight excluding hydrogens is 308 g/mol. The zero-order valence-electron chi connectivity index (χ0n) is 14.0. The van der Waals surface area contributed by atoms with Crippen molar-refractivity contribution in [1.82, 2.24) is 4.98 Å². The Morgan fingerprint density at radius 2 is 1.64 bits per heavy atom. The summed E-state index contributed by atoms with van der Waals surface area (Å²) in [6.45, 7) is 1.03. The number of pyridine rings is 1. The van der Waals surface area contributed by atoms with Gasteiger partial charge in [-0.1, -0.05) is 42.5 Å². The van der Waals surface area contributed by atoms with Crippen LogP contribution in [0.15, 0.2) is 67.0 Å². The molecule has 2 N–H and O–H groups in total. The third kappa shape index (κ3) is 3.06. The van der Waals surface area contributed by atoms with Gasteiger partial charge < -0.3 is 10.1 Å². The largest absolute Gasteiger partial charge is 0.396 e. The summed E-state index contributed by atoms with van der Waals surface area (Å²) in [5.41, 5.74) is 4.73. The Labute approximate surface area is 146 Å². The van der Waals surface area contributed by atoms with Gasteiger partial charge in [0.2, 0.25) is 5.52 Å². The van der Waals surface area contributed by atoms with Gasteiger partial charge in [-0.15, -0.1) is 0 Å². The second-order valence-corrected chi connectivity index (χ2v) is 6.18. The molecule has 0 spiro atoms. The molecule has 0 saturated carbocycles. The van der Waals surface area contributed by atoms with E-state index in [1.54, 1.807) is 0 Å². The number of benzene rings is 2. The third-order valence-corrected chi connectivity index (χ3v) is 4.58. The van der Waals surface area contributed by atoms with Crippen molar-refractivity contribution in [2.45, 2.75) is 13.0 Å². The number of aliphatic hydroxyl groups is 1. The monoisotopic (exact) mass is 329 g/mol. The summed E-state index contributed by atoms with van der Waals surface area (Å²) in [6, 6.07) is 18.9. The van der Waals surface area contributed by atoms with Crippen LogP contribution in [0.2, 0.25) is 0 Å². The molecule has 0 saturated heterocycles. The Kier molecular flexibility index (Phi) is 4.32. The lowest BCUT2D eigenvalue weighted by Gasteiger charge is -2.04. The van der Waals surface area contributed by atoms with E-state index >= 15 is 0 Å². The van der Waals surface area contributed by atoms with Crippen molar-refractivity contribution in [3.05, 3.63) is 78.1 Å². The smallest absolute Gasteiger partial charge is 0.213 e. The van der Waals surface area contributed by atoms with Crippen LogP contribution in [0.5, 0.6) is 0 Å². The van der Waals surface area contributed by atoms with E-state index < -0.39 is 0 Å². The fourth-order valence-corrected chi connectivity index (χ4v) is 3.30. The molecule has 4 aromatic rings. The van der Waals surface area contributed by atoms with E-state index in [0.717, 1.165) is 18.5 Å². The van der Waals surface area contributed by atoms with E-state index in [-0.39, 0.29) is 6.61 Å². The van der Waals surface area contributed by atoms with E-state index in [9.17, 15) is 0 Å². The van der Waals surface area contributed by atoms with Gasteiger partial charge in [0.05, 0.1) is 5.39 Å². The average molecular weight is 329 g/mol. The van der Waals surface area contributed by atoms with Crippen molar-refractivity contribution < 1.29 is 9.67 Å². The number of hydrogen-bond donors (Lipinski definition) is 2. The van der Waals surface area contributed by atoms with Gasteiger partial charge in [-0.25, -0.2) is 0 Å². The maximum atomic E-state index is 9.10. The van der Waals surface area contributed by atoms with Crippen LogP contribution < -0.4 is 4.57 Å². The molecular formula is C22H21N2O+. The molecule has 0 unspecified atom stereocenters. The summed E-state index contributed by atoms with van der Waals surface area (Å²) in [7, 11) is 0. The van der Waals surface area contributed by atoms with Crippen LogP contribution in [-0.2, 0) is 6.54 Å². The van der Waals surface area contributed by atoms with Gasteiger partial charge in [-0.2, -0.15) is 4.57 Å². The molecule has 0 amide bonds. The Morgan fingerprint density at radius 1 is 0.880 bits per heavy atom. The second-order valence-electron chi connectivity index (χ2n) is 6.18. The number of nitrogens with zero attached hydrogens (tertiary/aromatic N) is 1. The number of hydrogen-bond acceptors (Lipinski definition) is 1. The van der Waals surface area contributed by atoms with Crippen molar-refractivity contribution in [2.24, 2.45) is 0 Å². The predicted molar refractivity (Wildman–Crippen MR) is 103 cm³/mol. The summed E-state index contributed by atoms with van der Waals surface area (Å²) < 4.78 is 2.20. The first-order valence-electron chi connectivity index (χ1n) is 8.63. The van der Waals surface area contributed by atoms with Crippen molar-refractivity contribution in [3.8, 4) is 0 Å².